The Balaban J connectivity index is 1.64. The number of hydrogen-bond donors (Lipinski definition) is 0. The number of fused-ring (bicyclic) bond motifs is 2. The van der Waals surface area contributed by atoms with Crippen molar-refractivity contribution in [2.24, 2.45) is 0 Å². The summed E-state index contributed by atoms with van der Waals surface area (Å²) >= 11 is 0. The quantitative estimate of drug-likeness (QED) is 0.243. The van der Waals surface area contributed by atoms with E-state index in [4.69, 9.17) is 8.85 Å². The molecular formula is C37H60N2O3Si2. The number of hydrogen-bond acceptors (Lipinski definition) is 5. The van der Waals surface area contributed by atoms with E-state index in [1.54, 1.807) is 0 Å². The van der Waals surface area contributed by atoms with Crippen molar-refractivity contribution in [2.45, 2.75) is 116 Å². The highest BCUT2D eigenvalue weighted by molar-refractivity contribution is 6.74. The average Bonchev–Trinajstić information content (AvgIpc) is 2.94. The third-order valence-corrected chi connectivity index (χ3v) is 20.3. The first-order chi connectivity index (χ1) is 20.3. The Kier molecular flexibility index (Phi) is 10.1. The summed E-state index contributed by atoms with van der Waals surface area (Å²) in [5.41, 5.74) is 6.02. The van der Waals surface area contributed by atoms with Crippen LogP contribution in [0.2, 0.25) is 36.3 Å². The maximum atomic E-state index is 13.9. The molecule has 1 aliphatic heterocycles. The minimum atomic E-state index is -1.87. The van der Waals surface area contributed by atoms with Gasteiger partial charge in [-0.15, -0.1) is 0 Å². The number of carbonyl (C=O) groups excluding carboxylic acids is 1. The Bertz CT molecular complexity index is 1300. The van der Waals surface area contributed by atoms with Crippen LogP contribution in [0.3, 0.4) is 0 Å². The zero-order valence-corrected chi connectivity index (χ0v) is 31.9. The van der Waals surface area contributed by atoms with Crippen molar-refractivity contribution in [3.8, 4) is 0 Å². The molecule has 1 fully saturated rings. The standard InChI is InChI=1S/C37H60N2O3Si2/c1-35(2,3)43(9,10)41-24-22-39(23-25-42-44(11,12)36(4,5)6)29-17-19-31-33(27-29)37(7,8)32-26-28(16-18-30(32)34(31)40)38-20-14-13-15-21-38/h16-19,26-27H,13-15,20-25H2,1-12H3. The van der Waals surface area contributed by atoms with E-state index in [2.05, 4.69) is 128 Å². The topological polar surface area (TPSA) is 42.0 Å². The molecule has 2 aromatic carbocycles. The van der Waals surface area contributed by atoms with Crippen LogP contribution < -0.4 is 9.80 Å². The predicted molar refractivity (Wildman–Crippen MR) is 193 cm³/mol. The third-order valence-electron chi connectivity index (χ3n) is 11.2. The lowest BCUT2D eigenvalue weighted by atomic mass is 9.68. The number of benzene rings is 2. The molecule has 0 N–H and O–H groups in total. The molecule has 0 bridgehead atoms. The number of rotatable bonds is 10. The molecule has 0 radical (unpaired) electrons. The van der Waals surface area contributed by atoms with Crippen LogP contribution in [0.4, 0.5) is 11.4 Å². The summed E-state index contributed by atoms with van der Waals surface area (Å²) in [6, 6.07) is 13.0. The summed E-state index contributed by atoms with van der Waals surface area (Å²) in [7, 11) is -3.75. The van der Waals surface area contributed by atoms with Crippen LogP contribution in [-0.2, 0) is 14.3 Å². The van der Waals surface area contributed by atoms with Crippen LogP contribution in [0.15, 0.2) is 36.4 Å². The molecule has 0 amide bonds. The highest BCUT2D eigenvalue weighted by atomic mass is 28.4. The monoisotopic (exact) mass is 636 g/mol. The van der Waals surface area contributed by atoms with Crippen molar-refractivity contribution in [2.75, 3.05) is 49.2 Å². The molecule has 0 saturated carbocycles. The molecule has 244 valence electrons. The summed E-state index contributed by atoms with van der Waals surface area (Å²) in [6.45, 7) is 32.7. The Morgan fingerprint density at radius 2 is 1.23 bits per heavy atom. The number of ketones is 1. The van der Waals surface area contributed by atoms with E-state index in [9.17, 15) is 4.79 Å². The first-order valence-electron chi connectivity index (χ1n) is 16.9. The van der Waals surface area contributed by atoms with Crippen LogP contribution >= 0.6 is 0 Å². The van der Waals surface area contributed by atoms with E-state index in [0.29, 0.717) is 13.2 Å². The molecule has 1 aliphatic carbocycles. The minimum Gasteiger partial charge on any atom is -0.415 e. The zero-order chi connectivity index (χ0) is 32.7. The molecule has 1 heterocycles. The van der Waals surface area contributed by atoms with Gasteiger partial charge in [0.2, 0.25) is 0 Å². The van der Waals surface area contributed by atoms with E-state index in [1.165, 1.54) is 24.9 Å². The van der Waals surface area contributed by atoms with Gasteiger partial charge in [0.25, 0.3) is 0 Å². The molecule has 0 spiro atoms. The summed E-state index contributed by atoms with van der Waals surface area (Å²) in [5, 5.41) is 0.333. The van der Waals surface area contributed by atoms with Gasteiger partial charge in [-0.2, -0.15) is 0 Å². The van der Waals surface area contributed by atoms with Crippen LogP contribution in [-0.4, -0.2) is 61.8 Å². The fourth-order valence-corrected chi connectivity index (χ4v) is 8.02. The van der Waals surface area contributed by atoms with Gasteiger partial charge in [0.05, 0.1) is 13.2 Å². The fourth-order valence-electron chi connectivity index (χ4n) is 5.96. The van der Waals surface area contributed by atoms with Gasteiger partial charge in [-0.1, -0.05) is 55.4 Å². The smallest absolute Gasteiger partial charge is 0.193 e. The first-order valence-corrected chi connectivity index (χ1v) is 22.7. The van der Waals surface area contributed by atoms with Gasteiger partial charge in [-0.3, -0.25) is 4.79 Å². The molecule has 0 atom stereocenters. The highest BCUT2D eigenvalue weighted by Gasteiger charge is 2.40. The van der Waals surface area contributed by atoms with Gasteiger partial charge in [0.1, 0.15) is 0 Å². The van der Waals surface area contributed by atoms with Gasteiger partial charge in [0, 0.05) is 54.1 Å². The summed E-state index contributed by atoms with van der Waals surface area (Å²) < 4.78 is 13.3. The number of nitrogens with zero attached hydrogens (tertiary/aromatic N) is 2. The fraction of sp³-hybridized carbons (Fsp3) is 0.649. The average molecular weight is 637 g/mol. The van der Waals surface area contributed by atoms with Gasteiger partial charge in [0.15, 0.2) is 22.4 Å². The molecule has 5 nitrogen and oxygen atoms in total. The third kappa shape index (κ3) is 7.21. The van der Waals surface area contributed by atoms with E-state index in [0.717, 1.165) is 54.1 Å². The second-order valence-corrected chi connectivity index (χ2v) is 26.3. The summed E-state index contributed by atoms with van der Waals surface area (Å²) in [4.78, 5) is 18.8. The van der Waals surface area contributed by atoms with E-state index < -0.39 is 16.6 Å². The summed E-state index contributed by atoms with van der Waals surface area (Å²) in [5.74, 6) is 0.139. The lowest BCUT2D eigenvalue weighted by Gasteiger charge is -2.39. The number of piperidine rings is 1. The molecule has 0 aromatic heterocycles. The molecule has 0 unspecified atom stereocenters. The van der Waals surface area contributed by atoms with E-state index in [-0.39, 0.29) is 21.3 Å². The van der Waals surface area contributed by atoms with Crippen LogP contribution in [0.25, 0.3) is 0 Å². The Morgan fingerprint density at radius 1 is 0.750 bits per heavy atom. The van der Waals surface area contributed by atoms with Crippen molar-refractivity contribution in [3.05, 3.63) is 58.7 Å². The van der Waals surface area contributed by atoms with Crippen molar-refractivity contribution in [1.82, 2.24) is 0 Å². The van der Waals surface area contributed by atoms with E-state index >= 15 is 0 Å². The first kappa shape index (κ1) is 34.9. The SMILES string of the molecule is CC1(C)c2cc(N3CCCCC3)ccc2C(=O)c2ccc(N(CCO[Si](C)(C)C(C)(C)C)CCO[Si](C)(C)C(C)(C)C)cc21. The van der Waals surface area contributed by atoms with Crippen molar-refractivity contribution < 1.29 is 13.6 Å². The predicted octanol–water partition coefficient (Wildman–Crippen LogP) is 9.40. The van der Waals surface area contributed by atoms with E-state index in [1.807, 2.05) is 0 Å². The van der Waals surface area contributed by atoms with Crippen LogP contribution in [0.1, 0.15) is 102 Å². The Morgan fingerprint density at radius 3 is 1.73 bits per heavy atom. The van der Waals surface area contributed by atoms with Gasteiger partial charge in [-0.25, -0.2) is 0 Å². The minimum absolute atomic E-state index is 0.139. The molecule has 2 aromatic rings. The van der Waals surface area contributed by atoms with Crippen molar-refractivity contribution in [3.63, 3.8) is 0 Å². The molecule has 1 saturated heterocycles. The number of carbonyl (C=O) groups is 1. The Hall–Kier alpha value is -1.94. The second-order valence-electron chi connectivity index (χ2n) is 16.7. The maximum absolute atomic E-state index is 13.9. The van der Waals surface area contributed by atoms with Gasteiger partial charge < -0.3 is 18.7 Å². The van der Waals surface area contributed by atoms with Gasteiger partial charge >= 0.3 is 0 Å². The second kappa shape index (κ2) is 12.7. The Labute approximate surface area is 271 Å². The largest absolute Gasteiger partial charge is 0.415 e. The molecule has 7 heteroatoms. The lowest BCUT2D eigenvalue weighted by Crippen LogP contribution is -2.44. The number of anilines is 2. The van der Waals surface area contributed by atoms with Crippen molar-refractivity contribution >= 4 is 33.8 Å². The van der Waals surface area contributed by atoms with Crippen LogP contribution in [0.5, 0.6) is 0 Å². The molecule has 2 aliphatic rings. The zero-order valence-electron chi connectivity index (χ0n) is 29.9. The van der Waals surface area contributed by atoms with Gasteiger partial charge in [-0.05, 0) is 103 Å². The molecule has 44 heavy (non-hydrogen) atoms. The normalized spacial score (nSPS) is 17.4. The summed E-state index contributed by atoms with van der Waals surface area (Å²) in [6.07, 6.45) is 3.78. The highest BCUT2D eigenvalue weighted by Crippen LogP contribution is 2.44. The van der Waals surface area contributed by atoms with Crippen molar-refractivity contribution in [1.29, 1.82) is 0 Å². The molecule has 4 rings (SSSR count). The maximum Gasteiger partial charge on any atom is 0.193 e. The molecular weight excluding hydrogens is 577 g/mol. The lowest BCUT2D eigenvalue weighted by molar-refractivity contribution is 0.103. The van der Waals surface area contributed by atoms with Crippen LogP contribution in [0, 0.1) is 0 Å².